The highest BCUT2D eigenvalue weighted by atomic mass is 19.4. The van der Waals surface area contributed by atoms with E-state index in [4.69, 9.17) is 5.73 Å². The van der Waals surface area contributed by atoms with Crippen LogP contribution in [0.5, 0.6) is 0 Å². The Bertz CT molecular complexity index is 1010. The lowest BCUT2D eigenvalue weighted by atomic mass is 9.94. The van der Waals surface area contributed by atoms with Gasteiger partial charge >= 0.3 is 6.18 Å². The third kappa shape index (κ3) is 6.25. The Morgan fingerprint density at radius 2 is 1.47 bits per heavy atom. The first-order valence-corrected chi connectivity index (χ1v) is 12.2. The molecular weight excluding hydrogens is 487 g/mol. The molecule has 2 aliphatic rings. The summed E-state index contributed by atoms with van der Waals surface area (Å²) in [6.07, 6.45) is -2.63. The quantitative estimate of drug-likeness (QED) is 0.291. The molecule has 0 amide bonds. The first-order valence-electron chi connectivity index (χ1n) is 12.2. The van der Waals surface area contributed by atoms with E-state index in [2.05, 4.69) is 4.90 Å². The molecule has 2 N–H and O–H groups in total. The highest BCUT2D eigenvalue weighted by molar-refractivity contribution is 5.68. The molecule has 10 heteroatoms. The lowest BCUT2D eigenvalue weighted by Gasteiger charge is -2.44. The fourth-order valence-electron chi connectivity index (χ4n) is 5.72. The Morgan fingerprint density at radius 3 is 2.06 bits per heavy atom. The van der Waals surface area contributed by atoms with Crippen LogP contribution in [0.2, 0.25) is 0 Å². The van der Waals surface area contributed by atoms with Gasteiger partial charge in [-0.2, -0.15) is 13.2 Å². The molecule has 198 valence electrons. The Morgan fingerprint density at radius 1 is 0.861 bits per heavy atom. The van der Waals surface area contributed by atoms with Gasteiger partial charge in [0, 0.05) is 36.7 Å². The van der Waals surface area contributed by atoms with Gasteiger partial charge < -0.3 is 10.6 Å². The maximum Gasteiger partial charge on any atom is 0.390 e. The van der Waals surface area contributed by atoms with Gasteiger partial charge in [-0.3, -0.25) is 4.90 Å². The molecule has 0 saturated carbocycles. The minimum Gasteiger partial charge on any atom is -0.397 e. The molecular formula is C26H30F7N3. The second-order valence-electron chi connectivity index (χ2n) is 9.82. The van der Waals surface area contributed by atoms with Crippen LogP contribution in [0.1, 0.15) is 50.5 Å². The number of nitrogens with zero attached hydrogens (tertiary/aromatic N) is 2. The molecule has 3 nitrogen and oxygen atoms in total. The minimum absolute atomic E-state index is 0.0725. The van der Waals surface area contributed by atoms with E-state index in [1.807, 2.05) is 0 Å². The highest BCUT2D eigenvalue weighted by Gasteiger charge is 2.43. The summed E-state index contributed by atoms with van der Waals surface area (Å²) in [6, 6.07) is 7.90. The van der Waals surface area contributed by atoms with Gasteiger partial charge in [0.25, 0.3) is 5.92 Å². The number of halogens is 7. The molecule has 2 aromatic rings. The van der Waals surface area contributed by atoms with Crippen LogP contribution in [0, 0.1) is 11.6 Å². The monoisotopic (exact) mass is 517 g/mol. The predicted molar refractivity (Wildman–Crippen MR) is 125 cm³/mol. The predicted octanol–water partition coefficient (Wildman–Crippen LogP) is 6.87. The molecule has 2 heterocycles. The highest BCUT2D eigenvalue weighted by Crippen LogP contribution is 2.41. The summed E-state index contributed by atoms with van der Waals surface area (Å²) in [7, 11) is 0. The molecule has 0 aromatic heterocycles. The second-order valence-corrected chi connectivity index (χ2v) is 9.82. The van der Waals surface area contributed by atoms with E-state index in [1.54, 1.807) is 4.90 Å². The Hall–Kier alpha value is -2.49. The number of hydrogen-bond donors (Lipinski definition) is 1. The number of fused-ring (bicyclic) bond motifs is 2. The number of nitrogens with two attached hydrogens (primary N) is 1. The van der Waals surface area contributed by atoms with E-state index in [-0.39, 0.29) is 48.8 Å². The molecule has 2 saturated heterocycles. The van der Waals surface area contributed by atoms with Gasteiger partial charge in [-0.25, -0.2) is 17.6 Å². The molecule has 0 aliphatic carbocycles. The molecule has 2 atom stereocenters. The third-order valence-electron chi connectivity index (χ3n) is 7.41. The van der Waals surface area contributed by atoms with Crippen molar-refractivity contribution in [1.29, 1.82) is 0 Å². The second kappa shape index (κ2) is 10.5. The largest absolute Gasteiger partial charge is 0.397 e. The lowest BCUT2D eigenvalue weighted by Crippen LogP contribution is -2.51. The fourth-order valence-corrected chi connectivity index (χ4v) is 5.72. The van der Waals surface area contributed by atoms with Gasteiger partial charge in [-0.05, 0) is 69.0 Å². The van der Waals surface area contributed by atoms with Crippen molar-refractivity contribution in [3.05, 3.63) is 59.7 Å². The van der Waals surface area contributed by atoms with Crippen LogP contribution in [0.15, 0.2) is 42.5 Å². The van der Waals surface area contributed by atoms with E-state index >= 15 is 0 Å². The Balaban J connectivity index is 1.41. The normalized spacial score (nSPS) is 22.7. The first kappa shape index (κ1) is 26.6. The summed E-state index contributed by atoms with van der Waals surface area (Å²) in [5, 5.41) is 0. The van der Waals surface area contributed by atoms with E-state index in [9.17, 15) is 30.7 Å². The number of rotatable bonds is 9. The van der Waals surface area contributed by atoms with Crippen LogP contribution in [0.4, 0.5) is 42.1 Å². The SMILES string of the molecule is Nc1cc(F)ccc1N(CCC(F)(F)F)C1CC2CCC(C1)N2CCCC(F)(F)c1ccc(F)cc1. The molecule has 2 aromatic carbocycles. The van der Waals surface area contributed by atoms with Crippen molar-refractivity contribution in [2.24, 2.45) is 0 Å². The summed E-state index contributed by atoms with van der Waals surface area (Å²) in [5.41, 5.74) is 6.24. The van der Waals surface area contributed by atoms with E-state index < -0.39 is 30.2 Å². The molecule has 2 bridgehead atoms. The number of nitrogen functional groups attached to an aromatic ring is 1. The van der Waals surface area contributed by atoms with Crippen molar-refractivity contribution in [2.45, 2.75) is 75.2 Å². The first-order chi connectivity index (χ1) is 16.9. The van der Waals surface area contributed by atoms with E-state index in [0.29, 0.717) is 25.1 Å². The summed E-state index contributed by atoms with van der Waals surface area (Å²) < 4.78 is 95.0. The Kier molecular flexibility index (Phi) is 7.73. The smallest absolute Gasteiger partial charge is 0.390 e. The topological polar surface area (TPSA) is 32.5 Å². The van der Waals surface area contributed by atoms with Crippen molar-refractivity contribution in [3.8, 4) is 0 Å². The zero-order valence-electron chi connectivity index (χ0n) is 19.8. The summed E-state index contributed by atoms with van der Waals surface area (Å²) >= 11 is 0. The number of anilines is 2. The van der Waals surface area contributed by atoms with Gasteiger partial charge in [0.2, 0.25) is 0 Å². The van der Waals surface area contributed by atoms with Crippen molar-refractivity contribution in [3.63, 3.8) is 0 Å². The van der Waals surface area contributed by atoms with Crippen molar-refractivity contribution in [1.82, 2.24) is 4.90 Å². The van der Waals surface area contributed by atoms with Gasteiger partial charge in [-0.1, -0.05) is 12.1 Å². The average molecular weight is 518 g/mol. The molecule has 0 radical (unpaired) electrons. The van der Waals surface area contributed by atoms with E-state index in [0.717, 1.165) is 43.2 Å². The molecule has 0 spiro atoms. The van der Waals surface area contributed by atoms with Crippen molar-refractivity contribution < 1.29 is 30.7 Å². The maximum atomic E-state index is 14.6. The van der Waals surface area contributed by atoms with E-state index in [1.165, 1.54) is 12.1 Å². The van der Waals surface area contributed by atoms with Gasteiger partial charge in [0.05, 0.1) is 17.8 Å². The van der Waals surface area contributed by atoms with Crippen LogP contribution in [0.25, 0.3) is 0 Å². The zero-order chi connectivity index (χ0) is 26.1. The molecule has 2 aliphatic heterocycles. The summed E-state index contributed by atoms with van der Waals surface area (Å²) in [4.78, 5) is 3.85. The van der Waals surface area contributed by atoms with Gasteiger partial charge in [-0.15, -0.1) is 0 Å². The van der Waals surface area contributed by atoms with Gasteiger partial charge in [0.1, 0.15) is 11.6 Å². The number of hydrogen-bond acceptors (Lipinski definition) is 3. The number of piperidine rings is 1. The van der Waals surface area contributed by atoms with Crippen molar-refractivity contribution >= 4 is 11.4 Å². The third-order valence-corrected chi connectivity index (χ3v) is 7.41. The summed E-state index contributed by atoms with van der Waals surface area (Å²) in [5.74, 6) is -4.19. The fraction of sp³-hybridized carbons (Fsp3) is 0.538. The zero-order valence-corrected chi connectivity index (χ0v) is 19.8. The molecule has 36 heavy (non-hydrogen) atoms. The Labute approximate surface area is 206 Å². The maximum absolute atomic E-state index is 14.6. The average Bonchev–Trinajstić information content (AvgIpc) is 3.02. The standard InChI is InChI=1S/C26H30F7N3/c27-18-4-2-17(3-5-18)25(29,30)10-1-12-35-20-7-8-21(35)16-22(15-20)36(13-11-26(31,32)33)24-9-6-19(28)14-23(24)34/h2-6,9,14,20-22H,1,7-8,10-13,15-16,34H2. The number of alkyl halides is 5. The van der Waals surface area contributed by atoms with Crippen LogP contribution in [-0.2, 0) is 5.92 Å². The molecule has 2 fully saturated rings. The van der Waals surface area contributed by atoms with Crippen LogP contribution >= 0.6 is 0 Å². The number of benzene rings is 2. The van der Waals surface area contributed by atoms with Crippen molar-refractivity contribution in [2.75, 3.05) is 23.7 Å². The summed E-state index contributed by atoms with van der Waals surface area (Å²) in [6.45, 7) is 0.174. The molecule has 2 unspecified atom stereocenters. The van der Waals surface area contributed by atoms with Crippen LogP contribution in [-0.4, -0.2) is 42.3 Å². The van der Waals surface area contributed by atoms with Gasteiger partial charge in [0.15, 0.2) is 0 Å². The van der Waals surface area contributed by atoms with Crippen LogP contribution < -0.4 is 10.6 Å². The molecule has 4 rings (SSSR count). The van der Waals surface area contributed by atoms with Crippen LogP contribution in [0.3, 0.4) is 0 Å². The lowest BCUT2D eigenvalue weighted by molar-refractivity contribution is -0.132. The minimum atomic E-state index is -4.34.